The second-order valence-electron chi connectivity index (χ2n) is 4.74. The molecule has 0 spiro atoms. The molecule has 0 aliphatic rings. The van der Waals surface area contributed by atoms with Gasteiger partial charge in [0.2, 0.25) is 0 Å². The van der Waals surface area contributed by atoms with Crippen LogP contribution in [0.1, 0.15) is 44.2 Å². The van der Waals surface area contributed by atoms with Gasteiger partial charge in [-0.2, -0.15) is 0 Å². The Morgan fingerprint density at radius 3 is 2.38 bits per heavy atom. The Labute approximate surface area is 96.5 Å². The predicted molar refractivity (Wildman–Crippen MR) is 67.7 cm³/mol. The van der Waals surface area contributed by atoms with E-state index in [9.17, 15) is 5.11 Å². The van der Waals surface area contributed by atoms with E-state index in [1.165, 1.54) is 16.6 Å². The van der Waals surface area contributed by atoms with E-state index >= 15 is 0 Å². The Morgan fingerprint density at radius 2 is 1.81 bits per heavy atom. The lowest BCUT2D eigenvalue weighted by atomic mass is 10.1. The summed E-state index contributed by atoms with van der Waals surface area (Å²) >= 11 is 0. The van der Waals surface area contributed by atoms with Crippen molar-refractivity contribution >= 4 is 10.9 Å². The summed E-state index contributed by atoms with van der Waals surface area (Å²) in [6.07, 6.45) is -0.403. The largest absolute Gasteiger partial charge is 0.389 e. The number of aliphatic hydroxyl groups excluding tert-OH is 1. The van der Waals surface area contributed by atoms with Crippen LogP contribution in [0.2, 0.25) is 0 Å². The predicted octanol–water partition coefficient (Wildman–Crippen LogP) is 3.58. The fraction of sp³-hybridized carbons (Fsp3) is 0.429. The van der Waals surface area contributed by atoms with Crippen molar-refractivity contribution in [2.75, 3.05) is 0 Å². The SMILES string of the molecule is Cc1cc2ccc(C(C)O)cc2n1C(C)C. The molecule has 1 N–H and O–H groups in total. The highest BCUT2D eigenvalue weighted by molar-refractivity contribution is 5.82. The van der Waals surface area contributed by atoms with Crippen molar-refractivity contribution in [1.29, 1.82) is 0 Å². The third kappa shape index (κ3) is 1.74. The molecule has 1 aromatic heterocycles. The minimum absolute atomic E-state index is 0.403. The van der Waals surface area contributed by atoms with Crippen molar-refractivity contribution < 1.29 is 5.11 Å². The first-order chi connectivity index (χ1) is 7.50. The highest BCUT2D eigenvalue weighted by Crippen LogP contribution is 2.26. The normalized spacial score (nSPS) is 13.6. The second-order valence-corrected chi connectivity index (χ2v) is 4.74. The molecule has 0 saturated carbocycles. The highest BCUT2D eigenvalue weighted by Gasteiger charge is 2.10. The van der Waals surface area contributed by atoms with Gasteiger partial charge in [-0.25, -0.2) is 0 Å². The smallest absolute Gasteiger partial charge is 0.0762 e. The average Bonchev–Trinajstić information content (AvgIpc) is 2.51. The molecule has 1 aromatic carbocycles. The number of rotatable bonds is 2. The molecule has 0 fully saturated rings. The van der Waals surface area contributed by atoms with Crippen LogP contribution >= 0.6 is 0 Å². The minimum Gasteiger partial charge on any atom is -0.389 e. The maximum atomic E-state index is 9.61. The van der Waals surface area contributed by atoms with Crippen LogP contribution in [0.3, 0.4) is 0 Å². The van der Waals surface area contributed by atoms with E-state index in [0.717, 1.165) is 5.56 Å². The van der Waals surface area contributed by atoms with Crippen molar-refractivity contribution in [3.05, 3.63) is 35.5 Å². The fourth-order valence-corrected chi connectivity index (χ4v) is 2.32. The van der Waals surface area contributed by atoms with Gasteiger partial charge in [0.05, 0.1) is 6.10 Å². The minimum atomic E-state index is -0.403. The molecule has 2 aromatic rings. The molecule has 2 heteroatoms. The molecule has 2 rings (SSSR count). The van der Waals surface area contributed by atoms with Crippen LogP contribution in [0.15, 0.2) is 24.3 Å². The molecule has 0 aliphatic heterocycles. The van der Waals surface area contributed by atoms with E-state index in [1.807, 2.05) is 6.07 Å². The van der Waals surface area contributed by atoms with Gasteiger partial charge >= 0.3 is 0 Å². The summed E-state index contributed by atoms with van der Waals surface area (Å²) < 4.78 is 2.31. The maximum absolute atomic E-state index is 9.61. The summed E-state index contributed by atoms with van der Waals surface area (Å²) in [6, 6.07) is 8.82. The van der Waals surface area contributed by atoms with E-state index in [1.54, 1.807) is 6.92 Å². The summed E-state index contributed by atoms with van der Waals surface area (Å²) in [5.74, 6) is 0. The summed E-state index contributed by atoms with van der Waals surface area (Å²) in [4.78, 5) is 0. The number of hydrogen-bond donors (Lipinski definition) is 1. The summed E-state index contributed by atoms with van der Waals surface area (Å²) in [5.41, 5.74) is 3.46. The average molecular weight is 217 g/mol. The van der Waals surface area contributed by atoms with Crippen LogP contribution in [-0.4, -0.2) is 9.67 Å². The van der Waals surface area contributed by atoms with Crippen molar-refractivity contribution in [3.63, 3.8) is 0 Å². The first kappa shape index (κ1) is 11.2. The zero-order valence-electron chi connectivity index (χ0n) is 10.4. The lowest BCUT2D eigenvalue weighted by Crippen LogP contribution is -2.02. The van der Waals surface area contributed by atoms with Crippen molar-refractivity contribution in [2.24, 2.45) is 0 Å². The van der Waals surface area contributed by atoms with E-state index < -0.39 is 6.10 Å². The van der Waals surface area contributed by atoms with E-state index in [2.05, 4.69) is 43.5 Å². The van der Waals surface area contributed by atoms with Crippen molar-refractivity contribution in [1.82, 2.24) is 4.57 Å². The number of aliphatic hydroxyl groups is 1. The third-order valence-electron chi connectivity index (χ3n) is 3.06. The molecular formula is C14H19NO. The topological polar surface area (TPSA) is 25.2 Å². The number of fused-ring (bicyclic) bond motifs is 1. The number of hydrogen-bond acceptors (Lipinski definition) is 1. The highest BCUT2D eigenvalue weighted by atomic mass is 16.3. The first-order valence-electron chi connectivity index (χ1n) is 5.80. The zero-order chi connectivity index (χ0) is 11.9. The van der Waals surface area contributed by atoms with Crippen molar-refractivity contribution in [2.45, 2.75) is 39.8 Å². The molecule has 1 atom stereocenters. The van der Waals surface area contributed by atoms with Crippen LogP contribution in [0.4, 0.5) is 0 Å². The van der Waals surface area contributed by atoms with Gasteiger partial charge in [-0.05, 0) is 50.8 Å². The Bertz CT molecular complexity index is 509. The van der Waals surface area contributed by atoms with Gasteiger partial charge in [-0.3, -0.25) is 0 Å². The fourth-order valence-electron chi connectivity index (χ4n) is 2.32. The molecule has 0 saturated heterocycles. The Kier molecular flexibility index (Phi) is 2.76. The van der Waals surface area contributed by atoms with Crippen LogP contribution in [0.5, 0.6) is 0 Å². The molecule has 0 bridgehead atoms. The van der Waals surface area contributed by atoms with Crippen LogP contribution in [0, 0.1) is 6.92 Å². The summed E-state index contributed by atoms with van der Waals surface area (Å²) in [7, 11) is 0. The lowest BCUT2D eigenvalue weighted by Gasteiger charge is -2.13. The van der Waals surface area contributed by atoms with Crippen molar-refractivity contribution in [3.8, 4) is 0 Å². The molecular weight excluding hydrogens is 198 g/mol. The number of aromatic nitrogens is 1. The quantitative estimate of drug-likeness (QED) is 0.817. The maximum Gasteiger partial charge on any atom is 0.0762 e. The summed E-state index contributed by atoms with van der Waals surface area (Å²) in [6.45, 7) is 8.29. The van der Waals surface area contributed by atoms with E-state index in [-0.39, 0.29) is 0 Å². The molecule has 1 heterocycles. The number of benzene rings is 1. The Balaban J connectivity index is 2.69. The number of nitrogens with zero attached hydrogens (tertiary/aromatic N) is 1. The molecule has 1 unspecified atom stereocenters. The monoisotopic (exact) mass is 217 g/mol. The number of aryl methyl sites for hydroxylation is 1. The van der Waals surface area contributed by atoms with Crippen LogP contribution < -0.4 is 0 Å². The molecule has 0 amide bonds. The van der Waals surface area contributed by atoms with Gasteiger partial charge in [0.1, 0.15) is 0 Å². The standard InChI is InChI=1S/C14H19NO/c1-9(2)15-10(3)7-13-6-5-12(11(4)16)8-14(13)15/h5-9,11,16H,1-4H3. The van der Waals surface area contributed by atoms with Crippen LogP contribution in [0.25, 0.3) is 10.9 Å². The second kappa shape index (κ2) is 3.95. The van der Waals surface area contributed by atoms with E-state index in [4.69, 9.17) is 0 Å². The van der Waals surface area contributed by atoms with Gasteiger partial charge in [0.25, 0.3) is 0 Å². The van der Waals surface area contributed by atoms with Gasteiger partial charge in [-0.15, -0.1) is 0 Å². The van der Waals surface area contributed by atoms with Gasteiger partial charge in [-0.1, -0.05) is 12.1 Å². The van der Waals surface area contributed by atoms with Gasteiger partial charge < -0.3 is 9.67 Å². The van der Waals surface area contributed by atoms with Gasteiger partial charge in [0, 0.05) is 17.3 Å². The molecule has 0 radical (unpaired) electrons. The molecule has 16 heavy (non-hydrogen) atoms. The van der Waals surface area contributed by atoms with Crippen LogP contribution in [-0.2, 0) is 0 Å². The van der Waals surface area contributed by atoms with E-state index in [0.29, 0.717) is 6.04 Å². The van der Waals surface area contributed by atoms with Gasteiger partial charge in [0.15, 0.2) is 0 Å². The Morgan fingerprint density at radius 1 is 1.12 bits per heavy atom. The summed E-state index contributed by atoms with van der Waals surface area (Å²) in [5, 5.41) is 10.9. The first-order valence-corrected chi connectivity index (χ1v) is 5.80. The molecule has 86 valence electrons. The zero-order valence-corrected chi connectivity index (χ0v) is 10.4. The lowest BCUT2D eigenvalue weighted by molar-refractivity contribution is 0.199. The third-order valence-corrected chi connectivity index (χ3v) is 3.06. The Hall–Kier alpha value is -1.28. The molecule has 0 aliphatic carbocycles. The molecule has 2 nitrogen and oxygen atoms in total.